The maximum absolute atomic E-state index is 13.5. The lowest BCUT2D eigenvalue weighted by Gasteiger charge is -2.06. The molecule has 0 fully saturated rings. The van der Waals surface area contributed by atoms with Crippen molar-refractivity contribution >= 4 is 11.6 Å². The highest BCUT2D eigenvalue weighted by Crippen LogP contribution is 2.31. The molecule has 0 aliphatic carbocycles. The largest absolute Gasteiger partial charge is 0.444 e. The standard InChI is InChI=1S/C17H9F5N2O2/c18-11-2-1-3-12(19)14(11)24-15(25)13-8-26-16(23-13)9-4-6-10(7-5-9)17(20,21)22/h1-8H,(H,24,25). The number of carbonyl (C=O) groups excluding carboxylic acids is 1. The van der Waals surface area contributed by atoms with Gasteiger partial charge in [0, 0.05) is 5.56 Å². The average molecular weight is 368 g/mol. The molecule has 0 saturated heterocycles. The number of amides is 1. The number of halogens is 5. The predicted molar refractivity (Wildman–Crippen MR) is 81.3 cm³/mol. The van der Waals surface area contributed by atoms with Crippen LogP contribution in [-0.4, -0.2) is 10.9 Å². The number of para-hydroxylation sites is 1. The first kappa shape index (κ1) is 17.6. The summed E-state index contributed by atoms with van der Waals surface area (Å²) in [7, 11) is 0. The summed E-state index contributed by atoms with van der Waals surface area (Å²) in [5, 5.41) is 2.03. The van der Waals surface area contributed by atoms with E-state index in [1.807, 2.05) is 5.32 Å². The fourth-order valence-electron chi connectivity index (χ4n) is 2.11. The minimum Gasteiger partial charge on any atom is -0.444 e. The summed E-state index contributed by atoms with van der Waals surface area (Å²) in [4.78, 5) is 15.9. The second-order valence-electron chi connectivity index (χ2n) is 5.16. The van der Waals surface area contributed by atoms with E-state index in [9.17, 15) is 26.7 Å². The van der Waals surface area contributed by atoms with E-state index < -0.39 is 35.0 Å². The van der Waals surface area contributed by atoms with E-state index in [2.05, 4.69) is 4.98 Å². The smallest absolute Gasteiger partial charge is 0.416 e. The maximum atomic E-state index is 13.5. The molecular formula is C17H9F5N2O2. The average Bonchev–Trinajstić information content (AvgIpc) is 3.08. The van der Waals surface area contributed by atoms with E-state index in [1.165, 1.54) is 0 Å². The van der Waals surface area contributed by atoms with Crippen molar-refractivity contribution in [3.05, 3.63) is 71.6 Å². The zero-order valence-electron chi connectivity index (χ0n) is 12.8. The zero-order valence-corrected chi connectivity index (χ0v) is 12.8. The third-order valence-corrected chi connectivity index (χ3v) is 3.40. The van der Waals surface area contributed by atoms with Crippen LogP contribution in [0.25, 0.3) is 11.5 Å². The fraction of sp³-hybridized carbons (Fsp3) is 0.0588. The second kappa shape index (κ2) is 6.58. The molecule has 0 aliphatic heterocycles. The molecule has 0 aliphatic rings. The molecule has 1 amide bonds. The Kier molecular flexibility index (Phi) is 4.45. The molecule has 0 spiro atoms. The third kappa shape index (κ3) is 3.56. The van der Waals surface area contributed by atoms with Crippen molar-refractivity contribution in [3.8, 4) is 11.5 Å². The molecule has 134 valence electrons. The number of hydrogen-bond acceptors (Lipinski definition) is 3. The summed E-state index contributed by atoms with van der Waals surface area (Å²) in [5.74, 6) is -2.98. The molecule has 2 aromatic carbocycles. The Morgan fingerprint density at radius 3 is 2.19 bits per heavy atom. The first-order valence-corrected chi connectivity index (χ1v) is 7.14. The van der Waals surface area contributed by atoms with Gasteiger partial charge in [0.15, 0.2) is 5.69 Å². The summed E-state index contributed by atoms with van der Waals surface area (Å²) >= 11 is 0. The van der Waals surface area contributed by atoms with Crippen LogP contribution in [0.1, 0.15) is 16.1 Å². The van der Waals surface area contributed by atoms with Crippen molar-refractivity contribution < 1.29 is 31.2 Å². The number of carbonyl (C=O) groups is 1. The van der Waals surface area contributed by atoms with E-state index in [-0.39, 0.29) is 17.1 Å². The van der Waals surface area contributed by atoms with Gasteiger partial charge in [-0.1, -0.05) is 6.07 Å². The van der Waals surface area contributed by atoms with Gasteiger partial charge in [0.2, 0.25) is 5.89 Å². The summed E-state index contributed by atoms with van der Waals surface area (Å²) in [6.45, 7) is 0. The number of alkyl halides is 3. The molecule has 0 bridgehead atoms. The maximum Gasteiger partial charge on any atom is 0.416 e. The number of benzene rings is 2. The summed E-state index contributed by atoms with van der Waals surface area (Å²) in [6.07, 6.45) is -3.55. The Morgan fingerprint density at radius 2 is 1.62 bits per heavy atom. The number of anilines is 1. The molecule has 26 heavy (non-hydrogen) atoms. The summed E-state index contributed by atoms with van der Waals surface area (Å²) in [6, 6.07) is 7.02. The Bertz CT molecular complexity index is 928. The topological polar surface area (TPSA) is 55.1 Å². The van der Waals surface area contributed by atoms with Crippen molar-refractivity contribution in [1.29, 1.82) is 0 Å². The van der Waals surface area contributed by atoms with Crippen molar-refractivity contribution in [3.63, 3.8) is 0 Å². The highest BCUT2D eigenvalue weighted by molar-refractivity contribution is 6.03. The molecule has 3 rings (SSSR count). The molecule has 1 N–H and O–H groups in total. The molecular weight excluding hydrogens is 359 g/mol. The van der Waals surface area contributed by atoms with Crippen LogP contribution < -0.4 is 5.32 Å². The second-order valence-corrected chi connectivity index (χ2v) is 5.16. The van der Waals surface area contributed by atoms with Crippen LogP contribution in [0.5, 0.6) is 0 Å². The van der Waals surface area contributed by atoms with Crippen LogP contribution in [0.3, 0.4) is 0 Å². The van der Waals surface area contributed by atoms with Gasteiger partial charge >= 0.3 is 6.18 Å². The van der Waals surface area contributed by atoms with Crippen LogP contribution >= 0.6 is 0 Å². The van der Waals surface area contributed by atoms with Gasteiger partial charge in [-0.15, -0.1) is 0 Å². The molecule has 0 unspecified atom stereocenters. The Balaban J connectivity index is 1.80. The fourth-order valence-corrected chi connectivity index (χ4v) is 2.11. The number of hydrogen-bond donors (Lipinski definition) is 1. The number of nitrogens with zero attached hydrogens (tertiary/aromatic N) is 1. The van der Waals surface area contributed by atoms with Crippen molar-refractivity contribution in [2.24, 2.45) is 0 Å². The summed E-state index contributed by atoms with van der Waals surface area (Å²) < 4.78 is 69.8. The first-order valence-electron chi connectivity index (χ1n) is 7.14. The molecule has 9 heteroatoms. The SMILES string of the molecule is O=C(Nc1c(F)cccc1F)c1coc(-c2ccc(C(F)(F)F)cc2)n1. The van der Waals surface area contributed by atoms with Gasteiger partial charge in [0.25, 0.3) is 5.91 Å². The number of oxazole rings is 1. The lowest BCUT2D eigenvalue weighted by Crippen LogP contribution is -2.14. The molecule has 4 nitrogen and oxygen atoms in total. The first-order chi connectivity index (χ1) is 12.3. The van der Waals surface area contributed by atoms with E-state index in [1.54, 1.807) is 0 Å². The van der Waals surface area contributed by atoms with Gasteiger partial charge in [0.1, 0.15) is 23.6 Å². The highest BCUT2D eigenvalue weighted by atomic mass is 19.4. The molecule has 0 saturated carbocycles. The molecule has 1 heterocycles. The lowest BCUT2D eigenvalue weighted by molar-refractivity contribution is -0.137. The molecule has 3 aromatic rings. The van der Waals surface area contributed by atoms with Crippen LogP contribution in [0.4, 0.5) is 27.6 Å². The van der Waals surface area contributed by atoms with E-state index in [0.717, 1.165) is 48.7 Å². The molecule has 1 aromatic heterocycles. The third-order valence-electron chi connectivity index (χ3n) is 3.40. The number of aromatic nitrogens is 1. The lowest BCUT2D eigenvalue weighted by atomic mass is 10.1. The molecule has 0 radical (unpaired) electrons. The van der Waals surface area contributed by atoms with Gasteiger partial charge in [-0.05, 0) is 36.4 Å². The Labute approximate surface area is 143 Å². The van der Waals surface area contributed by atoms with Gasteiger partial charge in [0.05, 0.1) is 5.56 Å². The van der Waals surface area contributed by atoms with E-state index >= 15 is 0 Å². The normalized spacial score (nSPS) is 11.4. The Morgan fingerprint density at radius 1 is 1.00 bits per heavy atom. The minimum atomic E-state index is -4.48. The number of rotatable bonds is 3. The minimum absolute atomic E-state index is 0.113. The van der Waals surface area contributed by atoms with Crippen LogP contribution in [-0.2, 0) is 6.18 Å². The van der Waals surface area contributed by atoms with E-state index in [4.69, 9.17) is 4.42 Å². The predicted octanol–water partition coefficient (Wildman–Crippen LogP) is 4.89. The van der Waals surface area contributed by atoms with Gasteiger partial charge in [-0.25, -0.2) is 13.8 Å². The van der Waals surface area contributed by atoms with Crippen molar-refractivity contribution in [1.82, 2.24) is 4.98 Å². The summed E-state index contributed by atoms with van der Waals surface area (Å²) in [5.41, 5.74) is -1.57. The van der Waals surface area contributed by atoms with Gasteiger partial charge < -0.3 is 9.73 Å². The monoisotopic (exact) mass is 368 g/mol. The van der Waals surface area contributed by atoms with Crippen LogP contribution in [0.2, 0.25) is 0 Å². The van der Waals surface area contributed by atoms with Crippen LogP contribution in [0, 0.1) is 11.6 Å². The van der Waals surface area contributed by atoms with Gasteiger partial charge in [-0.3, -0.25) is 4.79 Å². The Hall–Kier alpha value is -3.23. The van der Waals surface area contributed by atoms with Crippen LogP contribution in [0.15, 0.2) is 53.1 Å². The zero-order chi connectivity index (χ0) is 18.9. The number of nitrogens with one attached hydrogen (secondary N) is 1. The highest BCUT2D eigenvalue weighted by Gasteiger charge is 2.30. The van der Waals surface area contributed by atoms with Gasteiger partial charge in [-0.2, -0.15) is 13.2 Å². The van der Waals surface area contributed by atoms with Crippen molar-refractivity contribution in [2.75, 3.05) is 5.32 Å². The van der Waals surface area contributed by atoms with Crippen molar-refractivity contribution in [2.45, 2.75) is 6.18 Å². The molecule has 0 atom stereocenters. The van der Waals surface area contributed by atoms with E-state index in [0.29, 0.717) is 0 Å². The quantitative estimate of drug-likeness (QED) is 0.670.